The predicted octanol–water partition coefficient (Wildman–Crippen LogP) is 3.27. The van der Waals surface area contributed by atoms with Crippen molar-refractivity contribution in [3.8, 4) is 11.5 Å². The van der Waals surface area contributed by atoms with Gasteiger partial charge in [0, 0.05) is 24.4 Å². The molecule has 1 saturated heterocycles. The highest BCUT2D eigenvalue weighted by atomic mass is 19.1. The molecule has 0 radical (unpaired) electrons. The van der Waals surface area contributed by atoms with Crippen molar-refractivity contribution in [3.05, 3.63) is 65.6 Å². The second-order valence-corrected chi connectivity index (χ2v) is 7.77. The largest absolute Gasteiger partial charge is 0.497 e. The molecular formula is C24H24FN3O4. The van der Waals surface area contributed by atoms with Crippen LogP contribution < -0.4 is 15.2 Å². The van der Waals surface area contributed by atoms with Gasteiger partial charge in [0.05, 0.1) is 23.9 Å². The molecule has 3 aromatic rings. The van der Waals surface area contributed by atoms with Crippen molar-refractivity contribution in [3.63, 3.8) is 0 Å². The highest BCUT2D eigenvalue weighted by Crippen LogP contribution is 2.30. The van der Waals surface area contributed by atoms with Gasteiger partial charge in [0.15, 0.2) is 6.61 Å². The lowest BCUT2D eigenvalue weighted by atomic mass is 9.90. The van der Waals surface area contributed by atoms with Crippen LogP contribution in [0, 0.1) is 5.82 Å². The number of primary amides is 1. The van der Waals surface area contributed by atoms with E-state index < -0.39 is 11.7 Å². The third kappa shape index (κ3) is 4.64. The zero-order valence-electron chi connectivity index (χ0n) is 17.7. The Labute approximate surface area is 184 Å². The minimum Gasteiger partial charge on any atom is -0.497 e. The van der Waals surface area contributed by atoms with E-state index in [0.29, 0.717) is 41.2 Å². The highest BCUT2D eigenvalue weighted by molar-refractivity contribution is 5.98. The summed E-state index contributed by atoms with van der Waals surface area (Å²) in [5.41, 5.74) is 6.98. The first-order chi connectivity index (χ1) is 15.4. The molecule has 1 aliphatic rings. The van der Waals surface area contributed by atoms with E-state index >= 15 is 0 Å². The number of hydrogen-bond donors (Lipinski definition) is 1. The summed E-state index contributed by atoms with van der Waals surface area (Å²) in [5, 5.41) is 0.513. The van der Waals surface area contributed by atoms with Crippen molar-refractivity contribution in [2.45, 2.75) is 18.8 Å². The first-order valence-corrected chi connectivity index (χ1v) is 10.4. The summed E-state index contributed by atoms with van der Waals surface area (Å²) in [6, 6.07) is 12.8. The van der Waals surface area contributed by atoms with E-state index in [9.17, 15) is 14.0 Å². The van der Waals surface area contributed by atoms with Crippen LogP contribution in [0.5, 0.6) is 11.5 Å². The van der Waals surface area contributed by atoms with Crippen molar-refractivity contribution in [2.75, 3.05) is 26.8 Å². The van der Waals surface area contributed by atoms with Gasteiger partial charge in [-0.3, -0.25) is 14.6 Å². The zero-order valence-corrected chi connectivity index (χ0v) is 17.7. The molecule has 2 amide bonds. The maximum atomic E-state index is 13.6. The molecule has 2 aromatic carbocycles. The van der Waals surface area contributed by atoms with Crippen LogP contribution >= 0.6 is 0 Å². The number of rotatable bonds is 6. The maximum absolute atomic E-state index is 13.6. The van der Waals surface area contributed by atoms with Gasteiger partial charge in [0.25, 0.3) is 11.8 Å². The summed E-state index contributed by atoms with van der Waals surface area (Å²) in [5.74, 6) is -0.0380. The Morgan fingerprint density at radius 2 is 1.91 bits per heavy atom. The first kappa shape index (κ1) is 21.5. The van der Waals surface area contributed by atoms with Gasteiger partial charge in [-0.05, 0) is 61.4 Å². The number of hydrogen-bond acceptors (Lipinski definition) is 5. The topological polar surface area (TPSA) is 94.8 Å². The van der Waals surface area contributed by atoms with Gasteiger partial charge in [0.1, 0.15) is 17.3 Å². The van der Waals surface area contributed by atoms with Gasteiger partial charge in [-0.1, -0.05) is 0 Å². The molecule has 0 saturated carbocycles. The van der Waals surface area contributed by atoms with Crippen molar-refractivity contribution < 1.29 is 23.5 Å². The molecule has 8 heteroatoms. The van der Waals surface area contributed by atoms with Crippen LogP contribution in [0.4, 0.5) is 4.39 Å². The number of nitrogens with zero attached hydrogens (tertiary/aromatic N) is 2. The Morgan fingerprint density at radius 3 is 2.62 bits per heavy atom. The van der Waals surface area contributed by atoms with Crippen molar-refractivity contribution in [1.29, 1.82) is 0 Å². The molecule has 2 heterocycles. The minimum absolute atomic E-state index is 0.0911. The highest BCUT2D eigenvalue weighted by Gasteiger charge is 2.29. The van der Waals surface area contributed by atoms with E-state index in [1.165, 1.54) is 12.1 Å². The number of likely N-dealkylation sites (tertiary alicyclic amines) is 1. The van der Waals surface area contributed by atoms with Gasteiger partial charge >= 0.3 is 0 Å². The number of halogens is 1. The normalized spacial score (nSPS) is 16.1. The third-order valence-electron chi connectivity index (χ3n) is 5.65. The molecule has 0 unspecified atom stereocenters. The van der Waals surface area contributed by atoms with E-state index in [4.69, 9.17) is 15.2 Å². The number of methoxy groups -OCH3 is 1. The summed E-state index contributed by atoms with van der Waals surface area (Å²) >= 11 is 0. The molecule has 1 fully saturated rings. The van der Waals surface area contributed by atoms with E-state index in [2.05, 4.69) is 4.98 Å². The summed E-state index contributed by atoms with van der Waals surface area (Å²) < 4.78 is 24.3. The predicted molar refractivity (Wildman–Crippen MR) is 117 cm³/mol. The Kier molecular flexibility index (Phi) is 6.20. The zero-order chi connectivity index (χ0) is 22.7. The molecule has 2 N–H and O–H groups in total. The van der Waals surface area contributed by atoms with Crippen molar-refractivity contribution in [1.82, 2.24) is 9.88 Å². The number of pyridine rings is 1. The number of amides is 2. The fourth-order valence-electron chi connectivity index (χ4n) is 4.01. The number of ether oxygens (including phenoxy) is 2. The van der Waals surface area contributed by atoms with Crippen LogP contribution in [-0.2, 0) is 4.79 Å². The van der Waals surface area contributed by atoms with E-state index in [1.807, 2.05) is 0 Å². The van der Waals surface area contributed by atoms with Crippen LogP contribution in [0.2, 0.25) is 0 Å². The van der Waals surface area contributed by atoms with Gasteiger partial charge in [-0.15, -0.1) is 0 Å². The third-order valence-corrected chi connectivity index (χ3v) is 5.65. The van der Waals surface area contributed by atoms with Gasteiger partial charge < -0.3 is 20.1 Å². The van der Waals surface area contributed by atoms with Crippen LogP contribution in [0.1, 0.15) is 34.8 Å². The van der Waals surface area contributed by atoms with Crippen LogP contribution in [0.15, 0.2) is 48.5 Å². The fourth-order valence-corrected chi connectivity index (χ4v) is 4.01. The molecule has 4 rings (SSSR count). The van der Waals surface area contributed by atoms with E-state index in [1.54, 1.807) is 48.4 Å². The molecular weight excluding hydrogens is 413 g/mol. The molecule has 32 heavy (non-hydrogen) atoms. The first-order valence-electron chi connectivity index (χ1n) is 10.4. The van der Waals surface area contributed by atoms with Gasteiger partial charge in [0.2, 0.25) is 0 Å². The number of piperidine rings is 1. The fraction of sp³-hybridized carbons (Fsp3) is 0.292. The lowest BCUT2D eigenvalue weighted by Gasteiger charge is -2.33. The average Bonchev–Trinajstić information content (AvgIpc) is 2.82. The molecule has 1 atom stereocenters. The summed E-state index contributed by atoms with van der Waals surface area (Å²) in [6.45, 7) is 0.920. The summed E-state index contributed by atoms with van der Waals surface area (Å²) in [7, 11) is 1.58. The van der Waals surface area contributed by atoms with Crippen molar-refractivity contribution in [2.24, 2.45) is 5.73 Å². The van der Waals surface area contributed by atoms with Gasteiger partial charge in [-0.2, -0.15) is 0 Å². The van der Waals surface area contributed by atoms with Gasteiger partial charge in [-0.25, -0.2) is 4.39 Å². The smallest absolute Gasteiger partial charge is 0.260 e. The molecule has 0 aliphatic carbocycles. The SMILES string of the molecule is COc1ccc(OCC(=O)N2CCC[C@H](c3nc4ccc(F)cc4cc3C(N)=O)C2)cc1. The number of nitrogens with two attached hydrogens (primary N) is 1. The Bertz CT molecular complexity index is 1150. The maximum Gasteiger partial charge on any atom is 0.260 e. The van der Waals surface area contributed by atoms with Crippen molar-refractivity contribution >= 4 is 22.7 Å². The average molecular weight is 437 g/mol. The molecule has 166 valence electrons. The second-order valence-electron chi connectivity index (χ2n) is 7.77. The lowest BCUT2D eigenvalue weighted by molar-refractivity contribution is -0.134. The number of carbonyl (C=O) groups is 2. The Morgan fingerprint density at radius 1 is 1.16 bits per heavy atom. The Balaban J connectivity index is 1.49. The molecule has 1 aliphatic heterocycles. The minimum atomic E-state index is -0.620. The molecule has 1 aromatic heterocycles. The molecule has 0 bridgehead atoms. The van der Waals surface area contributed by atoms with Crippen LogP contribution in [0.3, 0.4) is 0 Å². The second kappa shape index (κ2) is 9.21. The summed E-state index contributed by atoms with van der Waals surface area (Å²) in [4.78, 5) is 31.2. The molecule has 7 nitrogen and oxygen atoms in total. The number of benzene rings is 2. The number of fused-ring (bicyclic) bond motifs is 1. The number of aromatic nitrogens is 1. The summed E-state index contributed by atoms with van der Waals surface area (Å²) in [6.07, 6.45) is 1.53. The van der Waals surface area contributed by atoms with E-state index in [0.717, 1.165) is 12.8 Å². The van der Waals surface area contributed by atoms with Crippen LogP contribution in [-0.4, -0.2) is 48.5 Å². The van der Waals surface area contributed by atoms with Crippen LogP contribution in [0.25, 0.3) is 10.9 Å². The monoisotopic (exact) mass is 437 g/mol. The molecule has 0 spiro atoms. The number of carbonyl (C=O) groups excluding carboxylic acids is 2. The standard InChI is InChI=1S/C24H24FN3O4/c1-31-18-5-7-19(8-6-18)32-14-22(29)28-10-2-3-15(13-28)23-20(24(26)30)12-16-11-17(25)4-9-21(16)27-23/h4-9,11-12,15H,2-3,10,13-14H2,1H3,(H2,26,30)/t15-/m0/s1. The van der Waals surface area contributed by atoms with E-state index in [-0.39, 0.29) is 24.0 Å². The quantitative estimate of drug-likeness (QED) is 0.639. The Hall–Kier alpha value is -3.68. The lowest BCUT2D eigenvalue weighted by Crippen LogP contribution is -2.42.